The molecule has 100 valence electrons. The van der Waals surface area contributed by atoms with Gasteiger partial charge < -0.3 is 5.32 Å². The molecule has 18 heavy (non-hydrogen) atoms. The third-order valence-electron chi connectivity index (χ3n) is 2.45. The summed E-state index contributed by atoms with van der Waals surface area (Å²) in [6.45, 7) is 4.62. The SMILES string of the molecule is CC(C)=CCNc1ccccc1S(=O)(=O)N(C)C. The molecule has 0 fully saturated rings. The van der Waals surface area contributed by atoms with Crippen LogP contribution in [-0.2, 0) is 10.0 Å². The molecule has 0 aromatic heterocycles. The van der Waals surface area contributed by atoms with E-state index in [0.717, 1.165) is 0 Å². The standard InChI is InChI=1S/C13H20N2O2S/c1-11(2)9-10-14-12-7-5-6-8-13(12)18(16,17)15(3)4/h5-9,14H,10H2,1-4H3. The van der Waals surface area contributed by atoms with Crippen LogP contribution < -0.4 is 5.32 Å². The summed E-state index contributed by atoms with van der Waals surface area (Å²) >= 11 is 0. The number of nitrogens with zero attached hydrogens (tertiary/aromatic N) is 1. The van der Waals surface area contributed by atoms with Crippen molar-refractivity contribution in [3.05, 3.63) is 35.9 Å². The van der Waals surface area contributed by atoms with Crippen molar-refractivity contribution in [3.63, 3.8) is 0 Å². The number of sulfonamides is 1. The lowest BCUT2D eigenvalue weighted by Crippen LogP contribution is -2.23. The Morgan fingerprint density at radius 1 is 1.28 bits per heavy atom. The molecule has 0 unspecified atom stereocenters. The summed E-state index contributed by atoms with van der Waals surface area (Å²) < 4.78 is 25.5. The van der Waals surface area contributed by atoms with Crippen LogP contribution in [0.5, 0.6) is 0 Å². The molecule has 0 atom stereocenters. The van der Waals surface area contributed by atoms with Gasteiger partial charge in [0, 0.05) is 20.6 Å². The van der Waals surface area contributed by atoms with Gasteiger partial charge in [0.15, 0.2) is 0 Å². The summed E-state index contributed by atoms with van der Waals surface area (Å²) in [4.78, 5) is 0.303. The van der Waals surface area contributed by atoms with Gasteiger partial charge in [-0.2, -0.15) is 0 Å². The smallest absolute Gasteiger partial charge is 0.244 e. The molecule has 0 aliphatic heterocycles. The average molecular weight is 268 g/mol. The Morgan fingerprint density at radius 3 is 2.44 bits per heavy atom. The third-order valence-corrected chi connectivity index (χ3v) is 4.32. The van der Waals surface area contributed by atoms with Gasteiger partial charge in [0.05, 0.1) is 5.69 Å². The zero-order valence-electron chi connectivity index (χ0n) is 11.3. The van der Waals surface area contributed by atoms with Crippen LogP contribution in [0, 0.1) is 0 Å². The number of rotatable bonds is 5. The molecule has 0 amide bonds. The minimum Gasteiger partial charge on any atom is -0.380 e. The number of anilines is 1. The third kappa shape index (κ3) is 3.58. The average Bonchev–Trinajstić information content (AvgIpc) is 2.28. The first-order valence-electron chi connectivity index (χ1n) is 5.74. The van der Waals surface area contributed by atoms with Crippen LogP contribution in [0.15, 0.2) is 40.8 Å². The van der Waals surface area contributed by atoms with Crippen LogP contribution in [-0.4, -0.2) is 33.4 Å². The van der Waals surface area contributed by atoms with Crippen molar-refractivity contribution >= 4 is 15.7 Å². The predicted molar refractivity (Wildman–Crippen MR) is 75.2 cm³/mol. The van der Waals surface area contributed by atoms with Crippen molar-refractivity contribution < 1.29 is 8.42 Å². The zero-order chi connectivity index (χ0) is 13.8. The highest BCUT2D eigenvalue weighted by atomic mass is 32.2. The molecule has 1 rings (SSSR count). The topological polar surface area (TPSA) is 49.4 Å². The van der Waals surface area contributed by atoms with E-state index in [4.69, 9.17) is 0 Å². The van der Waals surface area contributed by atoms with E-state index in [1.54, 1.807) is 18.2 Å². The summed E-state index contributed by atoms with van der Waals surface area (Å²) in [6, 6.07) is 6.93. The minimum absolute atomic E-state index is 0.303. The van der Waals surface area contributed by atoms with Crippen LogP contribution in [0.4, 0.5) is 5.69 Å². The molecular weight excluding hydrogens is 248 g/mol. The molecule has 0 saturated carbocycles. The van der Waals surface area contributed by atoms with Gasteiger partial charge in [0.2, 0.25) is 10.0 Å². The summed E-state index contributed by atoms with van der Waals surface area (Å²) in [5, 5.41) is 3.12. The zero-order valence-corrected chi connectivity index (χ0v) is 12.1. The van der Waals surface area contributed by atoms with Gasteiger partial charge in [-0.1, -0.05) is 23.8 Å². The summed E-state index contributed by atoms with van der Waals surface area (Å²) in [6.07, 6.45) is 2.01. The number of hydrogen-bond donors (Lipinski definition) is 1. The molecule has 0 aliphatic rings. The largest absolute Gasteiger partial charge is 0.380 e. The molecule has 4 nitrogen and oxygen atoms in total. The Labute approximate surface area is 109 Å². The highest BCUT2D eigenvalue weighted by Gasteiger charge is 2.20. The molecule has 0 spiro atoms. The highest BCUT2D eigenvalue weighted by molar-refractivity contribution is 7.89. The Hall–Kier alpha value is -1.33. The fraction of sp³-hybridized carbons (Fsp3) is 0.385. The van der Waals surface area contributed by atoms with Gasteiger partial charge in [-0.15, -0.1) is 0 Å². The fourth-order valence-electron chi connectivity index (χ4n) is 1.40. The number of hydrogen-bond acceptors (Lipinski definition) is 3. The van der Waals surface area contributed by atoms with Crippen LogP contribution in [0.1, 0.15) is 13.8 Å². The minimum atomic E-state index is -3.41. The van der Waals surface area contributed by atoms with E-state index < -0.39 is 10.0 Å². The Morgan fingerprint density at radius 2 is 1.89 bits per heavy atom. The van der Waals surface area contributed by atoms with Crippen LogP contribution in [0.25, 0.3) is 0 Å². The van der Waals surface area contributed by atoms with Crippen molar-refractivity contribution in [2.24, 2.45) is 0 Å². The first kappa shape index (κ1) is 14.7. The van der Waals surface area contributed by atoms with E-state index in [-0.39, 0.29) is 0 Å². The molecule has 5 heteroatoms. The molecule has 1 aromatic rings. The fourth-order valence-corrected chi connectivity index (χ4v) is 2.46. The van der Waals surface area contributed by atoms with E-state index in [2.05, 4.69) is 5.32 Å². The molecular formula is C13H20N2O2S. The number of allylic oxidation sites excluding steroid dienone is 1. The van der Waals surface area contributed by atoms with E-state index in [9.17, 15) is 8.42 Å². The number of nitrogens with one attached hydrogen (secondary N) is 1. The monoisotopic (exact) mass is 268 g/mol. The maximum Gasteiger partial charge on any atom is 0.244 e. The first-order valence-corrected chi connectivity index (χ1v) is 7.18. The Balaban J connectivity index is 3.04. The summed E-state index contributed by atoms with van der Waals surface area (Å²) in [7, 11) is -0.348. The number of para-hydroxylation sites is 1. The second-order valence-corrected chi connectivity index (χ2v) is 6.57. The van der Waals surface area contributed by atoms with Gasteiger partial charge in [-0.05, 0) is 26.0 Å². The second-order valence-electron chi connectivity index (χ2n) is 4.45. The lowest BCUT2D eigenvalue weighted by Gasteiger charge is -2.15. The van der Waals surface area contributed by atoms with Crippen LogP contribution in [0.2, 0.25) is 0 Å². The molecule has 0 bridgehead atoms. The van der Waals surface area contributed by atoms with Crippen LogP contribution in [0.3, 0.4) is 0 Å². The first-order chi connectivity index (χ1) is 8.35. The normalized spacial score (nSPS) is 11.4. The molecule has 0 aliphatic carbocycles. The van der Waals surface area contributed by atoms with Crippen molar-refractivity contribution in [1.29, 1.82) is 0 Å². The molecule has 1 aromatic carbocycles. The van der Waals surface area contributed by atoms with Crippen molar-refractivity contribution in [2.75, 3.05) is 26.0 Å². The van der Waals surface area contributed by atoms with Crippen molar-refractivity contribution in [1.82, 2.24) is 4.31 Å². The maximum absolute atomic E-state index is 12.1. The van der Waals surface area contributed by atoms with Crippen LogP contribution >= 0.6 is 0 Å². The molecule has 0 heterocycles. The molecule has 1 N–H and O–H groups in total. The van der Waals surface area contributed by atoms with E-state index in [0.29, 0.717) is 17.1 Å². The summed E-state index contributed by atoms with van der Waals surface area (Å²) in [5.74, 6) is 0. The van der Waals surface area contributed by atoms with Gasteiger partial charge in [-0.25, -0.2) is 12.7 Å². The van der Waals surface area contributed by atoms with Gasteiger partial charge in [0.1, 0.15) is 4.90 Å². The van der Waals surface area contributed by atoms with E-state index >= 15 is 0 Å². The lowest BCUT2D eigenvalue weighted by atomic mass is 10.3. The second kappa shape index (κ2) is 6.02. The van der Waals surface area contributed by atoms with Gasteiger partial charge in [-0.3, -0.25) is 0 Å². The van der Waals surface area contributed by atoms with E-state index in [1.807, 2.05) is 26.0 Å². The van der Waals surface area contributed by atoms with Gasteiger partial charge >= 0.3 is 0 Å². The van der Waals surface area contributed by atoms with E-state index in [1.165, 1.54) is 24.0 Å². The van der Waals surface area contributed by atoms with Crippen molar-refractivity contribution in [2.45, 2.75) is 18.7 Å². The number of benzene rings is 1. The molecule has 0 saturated heterocycles. The highest BCUT2D eigenvalue weighted by Crippen LogP contribution is 2.22. The summed E-state index contributed by atoms with van der Waals surface area (Å²) in [5.41, 5.74) is 1.82. The predicted octanol–water partition coefficient (Wildman–Crippen LogP) is 2.32. The Bertz CT molecular complexity index is 530. The maximum atomic E-state index is 12.1. The quantitative estimate of drug-likeness (QED) is 0.834. The van der Waals surface area contributed by atoms with Gasteiger partial charge in [0.25, 0.3) is 0 Å². The Kier molecular flexibility index (Phi) is 4.93. The lowest BCUT2D eigenvalue weighted by molar-refractivity contribution is 0.521. The molecule has 0 radical (unpaired) electrons. The van der Waals surface area contributed by atoms with Crippen molar-refractivity contribution in [3.8, 4) is 0 Å².